The molecular formula is C16H25N. The summed E-state index contributed by atoms with van der Waals surface area (Å²) in [5, 5.41) is 3.52. The maximum Gasteiger partial charge on any atom is 0.0346 e. The van der Waals surface area contributed by atoms with Crippen molar-refractivity contribution in [3.05, 3.63) is 35.4 Å². The molecule has 17 heavy (non-hydrogen) atoms. The summed E-state index contributed by atoms with van der Waals surface area (Å²) in [6, 6.07) is 9.57. The lowest BCUT2D eigenvalue weighted by Crippen LogP contribution is -2.28. The average molecular weight is 231 g/mol. The first-order valence-electron chi connectivity index (χ1n) is 6.94. The van der Waals surface area contributed by atoms with Gasteiger partial charge in [0.15, 0.2) is 0 Å². The Morgan fingerprint density at radius 3 is 2.18 bits per heavy atom. The van der Waals surface area contributed by atoms with Crippen LogP contribution in [-0.4, -0.2) is 7.05 Å². The molecule has 1 saturated carbocycles. The molecule has 0 aromatic heterocycles. The van der Waals surface area contributed by atoms with Gasteiger partial charge < -0.3 is 5.32 Å². The van der Waals surface area contributed by atoms with Crippen LogP contribution < -0.4 is 5.32 Å². The minimum Gasteiger partial charge on any atom is -0.313 e. The molecule has 0 spiro atoms. The molecule has 1 aliphatic carbocycles. The minimum absolute atomic E-state index is 0.545. The molecule has 0 saturated heterocycles. The van der Waals surface area contributed by atoms with Crippen LogP contribution >= 0.6 is 0 Å². The van der Waals surface area contributed by atoms with Crippen molar-refractivity contribution in [1.29, 1.82) is 0 Å². The molecule has 1 N–H and O–H groups in total. The molecule has 1 aromatic rings. The fourth-order valence-electron chi connectivity index (χ4n) is 3.07. The average Bonchev–Trinajstić information content (AvgIpc) is 2.35. The monoisotopic (exact) mass is 231 g/mol. The van der Waals surface area contributed by atoms with Gasteiger partial charge in [0.1, 0.15) is 0 Å². The Balaban J connectivity index is 2.08. The van der Waals surface area contributed by atoms with Gasteiger partial charge in [-0.15, -0.1) is 0 Å². The first kappa shape index (κ1) is 12.6. The van der Waals surface area contributed by atoms with Crippen molar-refractivity contribution in [1.82, 2.24) is 5.32 Å². The van der Waals surface area contributed by atoms with Gasteiger partial charge in [-0.25, -0.2) is 0 Å². The van der Waals surface area contributed by atoms with Crippen LogP contribution in [0.5, 0.6) is 0 Å². The molecule has 1 unspecified atom stereocenters. The van der Waals surface area contributed by atoms with E-state index in [1.54, 1.807) is 0 Å². The van der Waals surface area contributed by atoms with Gasteiger partial charge in [-0.05, 0) is 44.2 Å². The predicted octanol–water partition coefficient (Wildman–Crippen LogP) is 4.08. The summed E-state index contributed by atoms with van der Waals surface area (Å²) >= 11 is 0. The molecule has 94 valence electrons. The Morgan fingerprint density at radius 1 is 1.06 bits per heavy atom. The third-order valence-corrected chi connectivity index (χ3v) is 4.28. The van der Waals surface area contributed by atoms with Crippen LogP contribution in [-0.2, 0) is 0 Å². The van der Waals surface area contributed by atoms with Crippen LogP contribution in [0.3, 0.4) is 0 Å². The highest BCUT2D eigenvalue weighted by atomic mass is 14.9. The Hall–Kier alpha value is -0.820. The summed E-state index contributed by atoms with van der Waals surface area (Å²) in [7, 11) is 2.10. The lowest BCUT2D eigenvalue weighted by atomic mass is 9.77. The molecule has 1 aromatic carbocycles. The van der Waals surface area contributed by atoms with Gasteiger partial charge in [0.05, 0.1) is 0 Å². The van der Waals surface area contributed by atoms with Crippen molar-refractivity contribution >= 4 is 0 Å². The van der Waals surface area contributed by atoms with E-state index in [0.717, 1.165) is 11.8 Å². The molecule has 2 rings (SSSR count). The summed E-state index contributed by atoms with van der Waals surface area (Å²) < 4.78 is 0. The molecule has 1 atom stereocenters. The zero-order chi connectivity index (χ0) is 12.3. The fraction of sp³-hybridized carbons (Fsp3) is 0.625. The van der Waals surface area contributed by atoms with Gasteiger partial charge in [-0.1, -0.05) is 49.6 Å². The number of nitrogens with one attached hydrogen (secondary N) is 1. The van der Waals surface area contributed by atoms with E-state index < -0.39 is 0 Å². The summed E-state index contributed by atoms with van der Waals surface area (Å²) in [5.74, 6) is 1.75. The maximum atomic E-state index is 3.52. The molecule has 0 amide bonds. The van der Waals surface area contributed by atoms with Crippen LogP contribution in [0.1, 0.15) is 49.8 Å². The van der Waals surface area contributed by atoms with Crippen molar-refractivity contribution in [3.63, 3.8) is 0 Å². The first-order valence-corrected chi connectivity index (χ1v) is 6.94. The van der Waals surface area contributed by atoms with Crippen LogP contribution in [0.4, 0.5) is 0 Å². The summed E-state index contributed by atoms with van der Waals surface area (Å²) in [5.41, 5.74) is 2.80. The molecule has 1 aliphatic rings. The van der Waals surface area contributed by atoms with Crippen molar-refractivity contribution in [2.45, 2.75) is 45.6 Å². The Morgan fingerprint density at radius 2 is 1.65 bits per heavy atom. The predicted molar refractivity (Wildman–Crippen MR) is 74.1 cm³/mol. The Bertz CT molecular complexity index is 333. The lowest BCUT2D eigenvalue weighted by Gasteiger charge is -2.33. The zero-order valence-electron chi connectivity index (χ0n) is 11.4. The smallest absolute Gasteiger partial charge is 0.0346 e. The fourth-order valence-corrected chi connectivity index (χ4v) is 3.07. The van der Waals surface area contributed by atoms with Crippen LogP contribution in [0.25, 0.3) is 0 Å². The number of hydrogen-bond donors (Lipinski definition) is 1. The normalized spacial score (nSPS) is 26.8. The lowest BCUT2D eigenvalue weighted by molar-refractivity contribution is 0.238. The Labute approximate surface area is 106 Å². The van der Waals surface area contributed by atoms with E-state index in [1.807, 2.05) is 0 Å². The number of aryl methyl sites for hydroxylation is 1. The second-order valence-corrected chi connectivity index (χ2v) is 5.70. The highest BCUT2D eigenvalue weighted by Gasteiger charge is 2.25. The SMILES string of the molecule is CNC(c1ccc(C)cc1)C1CCC(C)CC1. The van der Waals surface area contributed by atoms with E-state index in [9.17, 15) is 0 Å². The molecule has 1 fully saturated rings. The third kappa shape index (κ3) is 3.10. The number of hydrogen-bond acceptors (Lipinski definition) is 1. The minimum atomic E-state index is 0.545. The van der Waals surface area contributed by atoms with E-state index in [0.29, 0.717) is 6.04 Å². The topological polar surface area (TPSA) is 12.0 Å². The van der Waals surface area contributed by atoms with Crippen LogP contribution in [0.2, 0.25) is 0 Å². The Kier molecular flexibility index (Phi) is 4.22. The van der Waals surface area contributed by atoms with E-state index in [4.69, 9.17) is 0 Å². The largest absolute Gasteiger partial charge is 0.313 e. The second-order valence-electron chi connectivity index (χ2n) is 5.70. The molecule has 0 heterocycles. The van der Waals surface area contributed by atoms with E-state index in [1.165, 1.54) is 36.8 Å². The highest BCUT2D eigenvalue weighted by molar-refractivity contribution is 5.24. The van der Waals surface area contributed by atoms with Crippen LogP contribution in [0.15, 0.2) is 24.3 Å². The van der Waals surface area contributed by atoms with Gasteiger partial charge >= 0.3 is 0 Å². The van der Waals surface area contributed by atoms with E-state index in [2.05, 4.69) is 50.5 Å². The van der Waals surface area contributed by atoms with Crippen molar-refractivity contribution in [3.8, 4) is 0 Å². The summed E-state index contributed by atoms with van der Waals surface area (Å²) in [6.45, 7) is 4.54. The van der Waals surface area contributed by atoms with Crippen molar-refractivity contribution in [2.24, 2.45) is 11.8 Å². The first-order chi connectivity index (χ1) is 8.20. The molecule has 0 aliphatic heterocycles. The van der Waals surface area contributed by atoms with Crippen molar-refractivity contribution < 1.29 is 0 Å². The van der Waals surface area contributed by atoms with E-state index >= 15 is 0 Å². The second kappa shape index (κ2) is 5.68. The third-order valence-electron chi connectivity index (χ3n) is 4.28. The molecule has 1 nitrogen and oxygen atoms in total. The van der Waals surface area contributed by atoms with Gasteiger partial charge in [0.2, 0.25) is 0 Å². The quantitative estimate of drug-likeness (QED) is 0.826. The molecule has 0 radical (unpaired) electrons. The van der Waals surface area contributed by atoms with Gasteiger partial charge in [-0.3, -0.25) is 0 Å². The van der Waals surface area contributed by atoms with Gasteiger partial charge in [0.25, 0.3) is 0 Å². The maximum absolute atomic E-state index is 3.52. The van der Waals surface area contributed by atoms with E-state index in [-0.39, 0.29) is 0 Å². The number of benzene rings is 1. The molecule has 1 heteroatoms. The summed E-state index contributed by atoms with van der Waals surface area (Å²) in [4.78, 5) is 0. The van der Waals surface area contributed by atoms with Gasteiger partial charge in [0, 0.05) is 6.04 Å². The zero-order valence-corrected chi connectivity index (χ0v) is 11.4. The van der Waals surface area contributed by atoms with Crippen LogP contribution in [0, 0.1) is 18.8 Å². The molecular weight excluding hydrogens is 206 g/mol. The van der Waals surface area contributed by atoms with Crippen molar-refractivity contribution in [2.75, 3.05) is 7.05 Å². The standard InChI is InChI=1S/C16H25N/c1-12-4-8-14(9-5-12)16(17-3)15-10-6-13(2)7-11-15/h4-5,8-9,13,15-17H,6-7,10-11H2,1-3H3. The number of rotatable bonds is 3. The highest BCUT2D eigenvalue weighted by Crippen LogP contribution is 2.36. The molecule has 0 bridgehead atoms. The van der Waals surface area contributed by atoms with Gasteiger partial charge in [-0.2, -0.15) is 0 Å². The summed E-state index contributed by atoms with van der Waals surface area (Å²) in [6.07, 6.45) is 5.55.